The second-order valence-corrected chi connectivity index (χ2v) is 4.55. The van der Waals surface area contributed by atoms with E-state index >= 15 is 0 Å². The Morgan fingerprint density at radius 2 is 2.22 bits per heavy atom. The van der Waals surface area contributed by atoms with Gasteiger partial charge >= 0.3 is 0 Å². The number of nitrogens with zero attached hydrogens (tertiary/aromatic N) is 2. The number of aromatic nitrogens is 1. The van der Waals surface area contributed by atoms with E-state index in [9.17, 15) is 0 Å². The highest BCUT2D eigenvalue weighted by molar-refractivity contribution is 6.31. The van der Waals surface area contributed by atoms with E-state index in [4.69, 9.17) is 26.3 Å². The molecule has 5 nitrogen and oxygen atoms in total. The minimum atomic E-state index is -0.516. The average molecular weight is 268 g/mol. The van der Waals surface area contributed by atoms with Crippen LogP contribution < -0.4 is 5.32 Å². The third kappa shape index (κ3) is 3.10. The van der Waals surface area contributed by atoms with E-state index in [0.717, 1.165) is 0 Å². The first-order valence-corrected chi connectivity index (χ1v) is 6.09. The molecule has 0 radical (unpaired) electrons. The van der Waals surface area contributed by atoms with E-state index in [-0.39, 0.29) is 5.69 Å². The Morgan fingerprint density at radius 3 is 2.89 bits per heavy atom. The molecule has 0 amide bonds. The Bertz CT molecular complexity index is 467. The topological polar surface area (TPSA) is 67.2 Å². The molecule has 1 aliphatic heterocycles. The maximum atomic E-state index is 8.82. The third-order valence-electron chi connectivity index (χ3n) is 2.74. The van der Waals surface area contributed by atoms with E-state index in [1.54, 1.807) is 12.1 Å². The molecule has 6 heteroatoms. The number of nitrogens with one attached hydrogen (secondary N) is 1. The summed E-state index contributed by atoms with van der Waals surface area (Å²) in [7, 11) is 0. The van der Waals surface area contributed by atoms with Crippen molar-refractivity contribution in [1.82, 2.24) is 4.98 Å². The van der Waals surface area contributed by atoms with Gasteiger partial charge in [0, 0.05) is 13.0 Å². The van der Waals surface area contributed by atoms with Gasteiger partial charge in [0.1, 0.15) is 11.9 Å². The third-order valence-corrected chi connectivity index (χ3v) is 3.04. The first-order valence-electron chi connectivity index (χ1n) is 5.71. The van der Waals surface area contributed by atoms with E-state index in [1.807, 2.05) is 13.0 Å². The van der Waals surface area contributed by atoms with Gasteiger partial charge in [-0.2, -0.15) is 5.26 Å². The average Bonchev–Trinajstić information content (AvgIpc) is 2.78. The predicted octanol–water partition coefficient (Wildman–Crippen LogP) is 2.17. The van der Waals surface area contributed by atoms with Crippen LogP contribution in [0.3, 0.4) is 0 Å². The Morgan fingerprint density at radius 1 is 1.50 bits per heavy atom. The molecule has 0 aliphatic carbocycles. The highest BCUT2D eigenvalue weighted by Gasteiger charge is 2.30. The van der Waals surface area contributed by atoms with Gasteiger partial charge < -0.3 is 14.8 Å². The van der Waals surface area contributed by atoms with Crippen LogP contribution in [0.1, 0.15) is 19.0 Å². The van der Waals surface area contributed by atoms with Crippen LogP contribution in [-0.2, 0) is 9.47 Å². The molecule has 1 saturated heterocycles. The molecule has 0 saturated carbocycles. The molecule has 0 atom stereocenters. The first kappa shape index (κ1) is 13.1. The molecule has 0 aromatic carbocycles. The van der Waals surface area contributed by atoms with Gasteiger partial charge in [-0.25, -0.2) is 4.98 Å². The van der Waals surface area contributed by atoms with Crippen molar-refractivity contribution in [2.24, 2.45) is 0 Å². The molecule has 0 bridgehead atoms. The van der Waals surface area contributed by atoms with E-state index in [1.165, 1.54) is 0 Å². The fourth-order valence-electron chi connectivity index (χ4n) is 1.74. The Kier molecular flexibility index (Phi) is 4.02. The van der Waals surface area contributed by atoms with Crippen LogP contribution >= 0.6 is 11.6 Å². The summed E-state index contributed by atoms with van der Waals surface area (Å²) in [5.74, 6) is 0.106. The SMILES string of the molecule is CC1(CCNc2ccc(Cl)c(C#N)n2)OCCO1. The first-order chi connectivity index (χ1) is 8.63. The number of nitriles is 1. The van der Waals surface area contributed by atoms with Crippen LogP contribution in [0.15, 0.2) is 12.1 Å². The van der Waals surface area contributed by atoms with Gasteiger partial charge in [0.25, 0.3) is 0 Å². The number of rotatable bonds is 4. The van der Waals surface area contributed by atoms with Crippen molar-refractivity contribution in [3.8, 4) is 6.07 Å². The molecule has 1 fully saturated rings. The zero-order chi connectivity index (χ0) is 13.0. The van der Waals surface area contributed by atoms with Crippen LogP contribution in [-0.4, -0.2) is 30.5 Å². The summed E-state index contributed by atoms with van der Waals surface area (Å²) in [4.78, 5) is 4.09. The lowest BCUT2D eigenvalue weighted by Gasteiger charge is -2.22. The molecule has 18 heavy (non-hydrogen) atoms. The number of anilines is 1. The van der Waals surface area contributed by atoms with Gasteiger partial charge in [0.2, 0.25) is 0 Å². The smallest absolute Gasteiger partial charge is 0.167 e. The second kappa shape index (κ2) is 5.53. The summed E-state index contributed by atoms with van der Waals surface area (Å²) >= 11 is 5.80. The van der Waals surface area contributed by atoms with E-state index < -0.39 is 5.79 Å². The quantitative estimate of drug-likeness (QED) is 0.906. The Labute approximate surface area is 111 Å². The molecule has 1 aliphatic rings. The van der Waals surface area contributed by atoms with Crippen LogP contribution in [0.25, 0.3) is 0 Å². The van der Waals surface area contributed by atoms with Gasteiger partial charge in [0.05, 0.1) is 18.2 Å². The number of ether oxygens (including phenoxy) is 2. The highest BCUT2D eigenvalue weighted by Crippen LogP contribution is 2.22. The molecular weight excluding hydrogens is 254 g/mol. The number of halogens is 1. The van der Waals surface area contributed by atoms with Gasteiger partial charge in [-0.05, 0) is 19.1 Å². The van der Waals surface area contributed by atoms with Gasteiger partial charge in [0.15, 0.2) is 11.5 Å². The van der Waals surface area contributed by atoms with Gasteiger partial charge in [-0.3, -0.25) is 0 Å². The summed E-state index contributed by atoms with van der Waals surface area (Å²) < 4.78 is 11.0. The summed E-state index contributed by atoms with van der Waals surface area (Å²) in [6.45, 7) is 3.83. The zero-order valence-corrected chi connectivity index (χ0v) is 10.8. The number of hydrogen-bond donors (Lipinski definition) is 1. The molecule has 1 aromatic heterocycles. The van der Waals surface area contributed by atoms with Crippen LogP contribution in [0.2, 0.25) is 5.02 Å². The molecule has 0 spiro atoms. The van der Waals surface area contributed by atoms with Gasteiger partial charge in [-0.1, -0.05) is 11.6 Å². The van der Waals surface area contributed by atoms with Gasteiger partial charge in [-0.15, -0.1) is 0 Å². The summed E-state index contributed by atoms with van der Waals surface area (Å²) in [6.07, 6.45) is 0.708. The van der Waals surface area contributed by atoms with Crippen molar-refractivity contribution < 1.29 is 9.47 Å². The molecule has 1 N–H and O–H groups in total. The standard InChI is InChI=1S/C12H14ClN3O2/c1-12(17-6-7-18-12)4-5-15-11-3-2-9(13)10(8-14)16-11/h2-3H,4-7H2,1H3,(H,15,16). The highest BCUT2D eigenvalue weighted by atomic mass is 35.5. The van der Waals surface area contributed by atoms with Crippen molar-refractivity contribution in [2.75, 3.05) is 25.1 Å². The summed E-state index contributed by atoms with van der Waals surface area (Å²) in [5, 5.41) is 12.3. The van der Waals surface area contributed by atoms with Crippen LogP contribution in [0.5, 0.6) is 0 Å². The van der Waals surface area contributed by atoms with Crippen molar-refractivity contribution >= 4 is 17.4 Å². The minimum Gasteiger partial charge on any atom is -0.370 e. The summed E-state index contributed by atoms with van der Waals surface area (Å²) in [6, 6.07) is 5.33. The molecule has 96 valence electrons. The van der Waals surface area contributed by atoms with E-state index in [2.05, 4.69) is 10.3 Å². The summed E-state index contributed by atoms with van der Waals surface area (Å²) in [5.41, 5.74) is 0.223. The number of hydrogen-bond acceptors (Lipinski definition) is 5. The normalized spacial score (nSPS) is 17.4. The fraction of sp³-hybridized carbons (Fsp3) is 0.500. The molecule has 0 unspecified atom stereocenters. The largest absolute Gasteiger partial charge is 0.370 e. The fourth-order valence-corrected chi connectivity index (χ4v) is 1.89. The lowest BCUT2D eigenvalue weighted by molar-refractivity contribution is -0.144. The minimum absolute atomic E-state index is 0.223. The molecule has 2 rings (SSSR count). The maximum Gasteiger partial charge on any atom is 0.167 e. The van der Waals surface area contributed by atoms with E-state index in [0.29, 0.717) is 37.0 Å². The van der Waals surface area contributed by atoms with Crippen LogP contribution in [0.4, 0.5) is 5.82 Å². The predicted molar refractivity (Wildman–Crippen MR) is 67.4 cm³/mol. The zero-order valence-electron chi connectivity index (χ0n) is 10.1. The van der Waals surface area contributed by atoms with Crippen molar-refractivity contribution in [3.63, 3.8) is 0 Å². The van der Waals surface area contributed by atoms with Crippen LogP contribution in [0, 0.1) is 11.3 Å². The van der Waals surface area contributed by atoms with Crippen molar-refractivity contribution in [2.45, 2.75) is 19.1 Å². The second-order valence-electron chi connectivity index (χ2n) is 4.15. The Hall–Kier alpha value is -1.35. The lowest BCUT2D eigenvalue weighted by atomic mass is 10.2. The Balaban J connectivity index is 1.89. The van der Waals surface area contributed by atoms with Crippen molar-refractivity contribution in [3.05, 3.63) is 22.8 Å². The monoisotopic (exact) mass is 267 g/mol. The van der Waals surface area contributed by atoms with Crippen molar-refractivity contribution in [1.29, 1.82) is 5.26 Å². The lowest BCUT2D eigenvalue weighted by Crippen LogP contribution is -2.28. The maximum absolute atomic E-state index is 8.82. The molecule has 2 heterocycles. The molecular formula is C12H14ClN3O2. The number of pyridine rings is 1. The molecule has 1 aromatic rings.